The van der Waals surface area contributed by atoms with Crippen LogP contribution in [0.2, 0.25) is 0 Å². The molecule has 8 nitrogen and oxygen atoms in total. The summed E-state index contributed by atoms with van der Waals surface area (Å²) in [6.07, 6.45) is 0.407. The highest BCUT2D eigenvalue weighted by atomic mass is 16.5. The Balaban J connectivity index is 0.000000262. The number of amides is 2. The van der Waals surface area contributed by atoms with Crippen LogP contribution >= 0.6 is 0 Å². The van der Waals surface area contributed by atoms with Gasteiger partial charge in [-0.2, -0.15) is 0 Å². The predicted octanol–water partition coefficient (Wildman–Crippen LogP) is 1.56. The van der Waals surface area contributed by atoms with Gasteiger partial charge in [0.05, 0.1) is 31.5 Å². The normalized spacial score (nSPS) is 27.1. The molecule has 2 saturated heterocycles. The monoisotopic (exact) mass is 434 g/mol. The molecule has 0 radical (unpaired) electrons. The summed E-state index contributed by atoms with van der Waals surface area (Å²) in [5.41, 5.74) is -0.950. The Bertz CT molecular complexity index is 761. The summed E-state index contributed by atoms with van der Waals surface area (Å²) in [5, 5.41) is 12.4. The van der Waals surface area contributed by atoms with Crippen molar-refractivity contribution in [3.63, 3.8) is 0 Å². The van der Waals surface area contributed by atoms with Crippen molar-refractivity contribution >= 4 is 17.6 Å². The number of aliphatic hydroxyl groups excluding tert-OH is 1. The van der Waals surface area contributed by atoms with Crippen molar-refractivity contribution in [2.75, 3.05) is 32.8 Å². The zero-order valence-corrected chi connectivity index (χ0v) is 18.8. The number of aliphatic hydroxyl groups is 1. The molecular formula is C23H34N2O6. The van der Waals surface area contributed by atoms with Crippen molar-refractivity contribution in [1.82, 2.24) is 10.2 Å². The molecule has 0 spiro atoms. The number of carbonyl (C=O) groups excluding carboxylic acids is 3. The minimum absolute atomic E-state index is 0.0234. The Hall–Kier alpha value is -2.13. The van der Waals surface area contributed by atoms with E-state index >= 15 is 0 Å². The van der Waals surface area contributed by atoms with Crippen molar-refractivity contribution in [2.24, 2.45) is 0 Å². The molecule has 0 aromatic heterocycles. The molecule has 172 valence electrons. The third kappa shape index (κ3) is 7.21. The van der Waals surface area contributed by atoms with E-state index in [2.05, 4.69) is 5.32 Å². The van der Waals surface area contributed by atoms with Crippen LogP contribution in [0.5, 0.6) is 0 Å². The highest BCUT2D eigenvalue weighted by Gasteiger charge is 2.44. The first-order valence-corrected chi connectivity index (χ1v) is 10.6. The maximum absolute atomic E-state index is 12.4. The number of nitrogens with zero attached hydrogens (tertiary/aromatic N) is 1. The zero-order valence-electron chi connectivity index (χ0n) is 18.8. The number of carbonyl (C=O) groups is 3. The van der Waals surface area contributed by atoms with Gasteiger partial charge < -0.3 is 19.9 Å². The van der Waals surface area contributed by atoms with Crippen molar-refractivity contribution in [2.45, 2.75) is 57.8 Å². The van der Waals surface area contributed by atoms with Gasteiger partial charge >= 0.3 is 0 Å². The first kappa shape index (κ1) is 25.1. The summed E-state index contributed by atoms with van der Waals surface area (Å²) in [6, 6.07) is 8.61. The largest absolute Gasteiger partial charge is 0.393 e. The van der Waals surface area contributed by atoms with Gasteiger partial charge in [0, 0.05) is 31.5 Å². The van der Waals surface area contributed by atoms with E-state index in [0.717, 1.165) is 19.7 Å². The molecule has 2 amide bonds. The van der Waals surface area contributed by atoms with Crippen LogP contribution in [0.25, 0.3) is 0 Å². The average Bonchev–Trinajstić information content (AvgIpc) is 2.70. The van der Waals surface area contributed by atoms with Crippen LogP contribution in [0.4, 0.5) is 0 Å². The number of hydrogen-bond acceptors (Lipinski definition) is 7. The first-order chi connectivity index (χ1) is 14.6. The fourth-order valence-electron chi connectivity index (χ4n) is 3.87. The number of morpholine rings is 2. The molecule has 3 atom stereocenters. The van der Waals surface area contributed by atoms with Crippen LogP contribution < -0.4 is 5.32 Å². The number of nitrogens with one attached hydrogen (secondary N) is 1. The van der Waals surface area contributed by atoms with Gasteiger partial charge in [0.2, 0.25) is 0 Å². The third-order valence-electron chi connectivity index (χ3n) is 5.24. The van der Waals surface area contributed by atoms with E-state index in [1.54, 1.807) is 44.2 Å². The van der Waals surface area contributed by atoms with Gasteiger partial charge in [0.25, 0.3) is 11.8 Å². The van der Waals surface area contributed by atoms with E-state index in [4.69, 9.17) is 14.6 Å². The standard InChI is InChI=1S/C15H17NO4.C8H17NO2/c1-11(17)10-15(2)14(19)16(8-9-20-15)13(18)12-6-4-3-5-7-12;1-7(10)5-8(2)6-9-3-4-11-8/h3-7H,8-10H2,1-2H3;7,9-10H,3-6H2,1-2H3/t15-;7?,8-/m00/s1. The lowest BCUT2D eigenvalue weighted by Gasteiger charge is -2.37. The summed E-state index contributed by atoms with van der Waals surface area (Å²) in [7, 11) is 0. The average molecular weight is 435 g/mol. The lowest BCUT2D eigenvalue weighted by atomic mass is 9.96. The molecule has 31 heavy (non-hydrogen) atoms. The van der Waals surface area contributed by atoms with E-state index < -0.39 is 11.5 Å². The lowest BCUT2D eigenvalue weighted by Crippen LogP contribution is -2.57. The highest BCUT2D eigenvalue weighted by Crippen LogP contribution is 2.24. The Morgan fingerprint density at radius 3 is 2.42 bits per heavy atom. The molecule has 1 aromatic rings. The second-order valence-electron chi connectivity index (χ2n) is 8.61. The van der Waals surface area contributed by atoms with Gasteiger partial charge in [-0.15, -0.1) is 0 Å². The second-order valence-corrected chi connectivity index (χ2v) is 8.61. The van der Waals surface area contributed by atoms with Crippen LogP contribution in [-0.4, -0.2) is 77.8 Å². The Morgan fingerprint density at radius 2 is 1.87 bits per heavy atom. The van der Waals surface area contributed by atoms with Gasteiger partial charge in [-0.25, -0.2) is 0 Å². The predicted molar refractivity (Wildman–Crippen MR) is 116 cm³/mol. The number of benzene rings is 1. The molecule has 2 N–H and O–H groups in total. The highest BCUT2D eigenvalue weighted by molar-refractivity contribution is 6.08. The van der Waals surface area contributed by atoms with Gasteiger partial charge in [-0.1, -0.05) is 18.2 Å². The number of rotatable bonds is 5. The fourth-order valence-corrected chi connectivity index (χ4v) is 3.87. The van der Waals surface area contributed by atoms with E-state index in [1.807, 2.05) is 6.92 Å². The van der Waals surface area contributed by atoms with Crippen molar-refractivity contribution in [3.05, 3.63) is 35.9 Å². The maximum atomic E-state index is 12.4. The number of Topliss-reactive ketones (excluding diaryl/α,β-unsaturated/α-hetero) is 1. The van der Waals surface area contributed by atoms with Gasteiger partial charge in [-0.05, 0) is 39.8 Å². The topological polar surface area (TPSA) is 105 Å². The summed E-state index contributed by atoms with van der Waals surface area (Å²) in [4.78, 5) is 37.2. The molecule has 0 aliphatic carbocycles. The molecule has 2 heterocycles. The number of imide groups is 1. The van der Waals surface area contributed by atoms with Gasteiger partial charge in [-0.3, -0.25) is 19.3 Å². The molecule has 0 saturated carbocycles. The van der Waals surface area contributed by atoms with E-state index in [9.17, 15) is 14.4 Å². The summed E-state index contributed by atoms with van der Waals surface area (Å²) >= 11 is 0. The van der Waals surface area contributed by atoms with E-state index in [1.165, 1.54) is 11.8 Å². The van der Waals surface area contributed by atoms with Crippen LogP contribution in [-0.2, 0) is 19.1 Å². The lowest BCUT2D eigenvalue weighted by molar-refractivity contribution is -0.167. The molecule has 8 heteroatoms. The minimum Gasteiger partial charge on any atom is -0.393 e. The summed E-state index contributed by atoms with van der Waals surface area (Å²) in [5.74, 6) is -0.948. The molecule has 2 fully saturated rings. The Morgan fingerprint density at radius 1 is 1.19 bits per heavy atom. The number of ether oxygens (including phenoxy) is 2. The minimum atomic E-state index is -1.24. The molecule has 2 aliphatic rings. The third-order valence-corrected chi connectivity index (χ3v) is 5.24. The quantitative estimate of drug-likeness (QED) is 0.678. The SMILES string of the molecule is CC(=O)C[C@]1(C)OCCN(C(=O)c2ccccc2)C1=O.CC(O)C[C@@]1(C)CNCCO1. The zero-order chi connectivity index (χ0) is 23.1. The van der Waals surface area contributed by atoms with Crippen LogP contribution in [0.3, 0.4) is 0 Å². The van der Waals surface area contributed by atoms with Crippen molar-refractivity contribution < 1.29 is 29.0 Å². The van der Waals surface area contributed by atoms with Crippen molar-refractivity contribution in [1.29, 1.82) is 0 Å². The Kier molecular flexibility index (Phi) is 8.88. The van der Waals surface area contributed by atoms with E-state index in [-0.39, 0.29) is 43.0 Å². The van der Waals surface area contributed by atoms with Gasteiger partial charge in [0.15, 0.2) is 5.60 Å². The number of ketones is 1. The van der Waals surface area contributed by atoms with Crippen molar-refractivity contribution in [3.8, 4) is 0 Å². The molecule has 1 aromatic carbocycles. The maximum Gasteiger partial charge on any atom is 0.261 e. The first-order valence-electron chi connectivity index (χ1n) is 10.6. The molecular weight excluding hydrogens is 400 g/mol. The molecule has 3 rings (SSSR count). The molecule has 0 bridgehead atoms. The molecule has 2 aliphatic heterocycles. The fraction of sp³-hybridized carbons (Fsp3) is 0.609. The summed E-state index contributed by atoms with van der Waals surface area (Å²) < 4.78 is 11.0. The van der Waals surface area contributed by atoms with Crippen LogP contribution in [0.15, 0.2) is 30.3 Å². The summed E-state index contributed by atoms with van der Waals surface area (Å²) in [6.45, 7) is 9.76. The van der Waals surface area contributed by atoms with Gasteiger partial charge in [0.1, 0.15) is 5.78 Å². The van der Waals surface area contributed by atoms with Crippen LogP contribution in [0, 0.1) is 0 Å². The van der Waals surface area contributed by atoms with Crippen LogP contribution in [0.1, 0.15) is 50.9 Å². The smallest absolute Gasteiger partial charge is 0.261 e. The molecule has 1 unspecified atom stereocenters. The number of hydrogen-bond donors (Lipinski definition) is 2. The van der Waals surface area contributed by atoms with E-state index in [0.29, 0.717) is 12.0 Å². The second kappa shape index (κ2) is 10.9. The Labute approximate surface area is 183 Å².